The molecule has 1 aromatic carbocycles. The molecule has 2 saturated heterocycles. The summed E-state index contributed by atoms with van der Waals surface area (Å²) >= 11 is 1.35. The van der Waals surface area contributed by atoms with Crippen LogP contribution >= 0.6 is 25.3 Å². The number of carboxylic acids is 1. The van der Waals surface area contributed by atoms with Crippen molar-refractivity contribution in [2.24, 2.45) is 4.99 Å². The van der Waals surface area contributed by atoms with Crippen molar-refractivity contribution >= 4 is 49.8 Å². The van der Waals surface area contributed by atoms with Gasteiger partial charge >= 0.3 is 0 Å². The largest absolute Gasteiger partial charge is 0.548 e. The molecule has 9 heteroatoms. The Kier molecular flexibility index (Phi) is 5.72. The zero-order valence-electron chi connectivity index (χ0n) is 14.3. The smallest absolute Gasteiger partial charge is 0.250 e. The third-order valence-corrected chi connectivity index (χ3v) is 6.08. The first-order chi connectivity index (χ1) is 11.8. The van der Waals surface area contributed by atoms with Crippen LogP contribution in [0, 0.1) is 0 Å². The number of carbonyl (C=O) groups excluding carboxylic acids is 3. The number of carboxylic acid groups (broad SMARTS) is 1. The highest BCUT2D eigenvalue weighted by Crippen LogP contribution is 2.50. The third-order valence-electron chi connectivity index (χ3n) is 4.51. The Morgan fingerprint density at radius 2 is 1.96 bits per heavy atom. The SMILES string of the molecule is C=NC(C(=O)NC1C(=O)N2C1SC(C)(C)C2C(=O)[O-])c1ccccc1.S. The fourth-order valence-corrected chi connectivity index (χ4v) is 4.95. The van der Waals surface area contributed by atoms with Gasteiger partial charge in [0.1, 0.15) is 11.4 Å². The molecule has 3 rings (SSSR count). The fraction of sp³-hybridized carbons (Fsp3) is 0.412. The number of fused-ring (bicyclic) bond motifs is 1. The Bertz CT molecular complexity index is 741. The molecule has 0 aliphatic carbocycles. The molecule has 0 bridgehead atoms. The van der Waals surface area contributed by atoms with Crippen LogP contribution in [-0.2, 0) is 14.4 Å². The maximum absolute atomic E-state index is 12.5. The molecule has 0 saturated carbocycles. The number of amides is 2. The highest BCUT2D eigenvalue weighted by Gasteiger charge is 2.62. The zero-order valence-corrected chi connectivity index (χ0v) is 16.2. The molecule has 1 aromatic rings. The van der Waals surface area contributed by atoms with Crippen LogP contribution in [0.3, 0.4) is 0 Å². The minimum atomic E-state index is -1.28. The van der Waals surface area contributed by atoms with Gasteiger partial charge in [-0.05, 0) is 26.1 Å². The zero-order chi connectivity index (χ0) is 18.4. The van der Waals surface area contributed by atoms with E-state index < -0.39 is 46.0 Å². The Morgan fingerprint density at radius 3 is 2.50 bits per heavy atom. The van der Waals surface area contributed by atoms with Gasteiger partial charge in [0.2, 0.25) is 11.8 Å². The Hall–Kier alpha value is -2.00. The average molecular weight is 394 g/mol. The Labute approximate surface area is 162 Å². The van der Waals surface area contributed by atoms with E-state index in [0.29, 0.717) is 5.56 Å². The molecule has 2 fully saturated rings. The van der Waals surface area contributed by atoms with Crippen molar-refractivity contribution in [2.45, 2.75) is 42.1 Å². The van der Waals surface area contributed by atoms with Gasteiger partial charge in [-0.3, -0.25) is 14.6 Å². The van der Waals surface area contributed by atoms with E-state index in [1.165, 1.54) is 16.7 Å². The molecule has 2 amide bonds. The first-order valence-corrected chi connectivity index (χ1v) is 8.68. The predicted molar refractivity (Wildman–Crippen MR) is 102 cm³/mol. The number of aliphatic imine (C=N–C) groups is 1. The van der Waals surface area contributed by atoms with Gasteiger partial charge < -0.3 is 20.1 Å². The van der Waals surface area contributed by atoms with E-state index >= 15 is 0 Å². The fourth-order valence-electron chi connectivity index (χ4n) is 3.33. The lowest BCUT2D eigenvalue weighted by molar-refractivity contribution is -0.312. The van der Waals surface area contributed by atoms with E-state index in [2.05, 4.69) is 17.0 Å². The molecular weight excluding hydrogens is 374 g/mol. The number of benzene rings is 1. The van der Waals surface area contributed by atoms with Crippen LogP contribution in [0.2, 0.25) is 0 Å². The molecule has 0 aromatic heterocycles. The lowest BCUT2D eigenvalue weighted by Gasteiger charge is -2.45. The number of β-lactam (4-membered cyclic amide) rings is 1. The van der Waals surface area contributed by atoms with Crippen LogP contribution in [0.15, 0.2) is 35.3 Å². The van der Waals surface area contributed by atoms with Gasteiger partial charge in [0.25, 0.3) is 0 Å². The van der Waals surface area contributed by atoms with Gasteiger partial charge in [-0.15, -0.1) is 11.8 Å². The lowest BCUT2D eigenvalue weighted by Crippen LogP contribution is -2.71. The van der Waals surface area contributed by atoms with Crippen LogP contribution < -0.4 is 10.4 Å². The molecule has 2 aliphatic rings. The summed E-state index contributed by atoms with van der Waals surface area (Å²) in [6.45, 7) is 6.96. The number of aliphatic carboxylic acids is 1. The molecule has 26 heavy (non-hydrogen) atoms. The van der Waals surface area contributed by atoms with Crippen molar-refractivity contribution in [3.05, 3.63) is 35.9 Å². The molecule has 2 aliphatic heterocycles. The van der Waals surface area contributed by atoms with Gasteiger partial charge in [-0.25, -0.2) is 0 Å². The Balaban J connectivity index is 0.00000243. The number of hydrogen-bond donors (Lipinski definition) is 1. The second-order valence-corrected chi connectivity index (χ2v) is 8.33. The molecule has 0 spiro atoms. The second-order valence-electron chi connectivity index (χ2n) is 6.56. The first kappa shape index (κ1) is 20.3. The monoisotopic (exact) mass is 394 g/mol. The van der Waals surface area contributed by atoms with E-state index in [4.69, 9.17) is 0 Å². The molecule has 1 N–H and O–H groups in total. The van der Waals surface area contributed by atoms with Crippen molar-refractivity contribution in [3.63, 3.8) is 0 Å². The number of nitrogens with one attached hydrogen (secondary N) is 1. The van der Waals surface area contributed by atoms with Gasteiger partial charge in [0, 0.05) is 4.75 Å². The summed E-state index contributed by atoms with van der Waals surface area (Å²) in [5, 5.41) is 13.7. The molecule has 4 unspecified atom stereocenters. The van der Waals surface area contributed by atoms with Crippen molar-refractivity contribution < 1.29 is 19.5 Å². The minimum Gasteiger partial charge on any atom is -0.548 e. The summed E-state index contributed by atoms with van der Waals surface area (Å²) in [4.78, 5) is 41.5. The number of rotatable bonds is 5. The highest BCUT2D eigenvalue weighted by molar-refractivity contribution is 8.01. The number of carbonyl (C=O) groups is 3. The van der Waals surface area contributed by atoms with Crippen molar-refractivity contribution in [1.29, 1.82) is 0 Å². The summed E-state index contributed by atoms with van der Waals surface area (Å²) in [7, 11) is 0. The summed E-state index contributed by atoms with van der Waals surface area (Å²) < 4.78 is -0.686. The van der Waals surface area contributed by atoms with Gasteiger partial charge in [-0.1, -0.05) is 30.3 Å². The molecule has 140 valence electrons. The topological polar surface area (TPSA) is 102 Å². The van der Waals surface area contributed by atoms with Crippen LogP contribution in [0.5, 0.6) is 0 Å². The lowest BCUT2D eigenvalue weighted by atomic mass is 9.95. The van der Waals surface area contributed by atoms with E-state index in [0.717, 1.165) is 0 Å². The summed E-state index contributed by atoms with van der Waals surface area (Å²) in [6.07, 6.45) is 0. The molecule has 7 nitrogen and oxygen atoms in total. The van der Waals surface area contributed by atoms with Crippen molar-refractivity contribution in [1.82, 2.24) is 10.2 Å². The Morgan fingerprint density at radius 1 is 1.35 bits per heavy atom. The van der Waals surface area contributed by atoms with Gasteiger partial charge in [0.05, 0.1) is 12.0 Å². The summed E-state index contributed by atoms with van der Waals surface area (Å²) in [6, 6.07) is 6.32. The summed E-state index contributed by atoms with van der Waals surface area (Å²) in [5.74, 6) is -2.14. The molecule has 2 heterocycles. The van der Waals surface area contributed by atoms with E-state index in [-0.39, 0.29) is 13.5 Å². The number of hydrogen-bond acceptors (Lipinski definition) is 6. The average Bonchev–Trinajstić information content (AvgIpc) is 2.82. The maximum Gasteiger partial charge on any atom is 0.250 e. The van der Waals surface area contributed by atoms with Gasteiger partial charge in [-0.2, -0.15) is 13.5 Å². The van der Waals surface area contributed by atoms with E-state index in [1.807, 2.05) is 6.07 Å². The maximum atomic E-state index is 12.5. The van der Waals surface area contributed by atoms with Crippen LogP contribution in [0.1, 0.15) is 25.5 Å². The minimum absolute atomic E-state index is 0. The third kappa shape index (κ3) is 3.21. The van der Waals surface area contributed by atoms with Crippen LogP contribution in [-0.4, -0.2) is 51.6 Å². The second kappa shape index (κ2) is 7.32. The first-order valence-electron chi connectivity index (χ1n) is 7.80. The summed E-state index contributed by atoms with van der Waals surface area (Å²) in [5.41, 5.74) is 0.672. The van der Waals surface area contributed by atoms with Gasteiger partial charge in [0.15, 0.2) is 6.04 Å². The predicted octanol–water partition coefficient (Wildman–Crippen LogP) is -0.162. The molecule has 4 atom stereocenters. The molecule has 0 radical (unpaired) electrons. The normalized spacial score (nSPS) is 26.8. The van der Waals surface area contributed by atoms with E-state index in [9.17, 15) is 19.5 Å². The van der Waals surface area contributed by atoms with Crippen molar-refractivity contribution in [3.8, 4) is 0 Å². The quantitative estimate of drug-likeness (QED) is 0.552. The number of nitrogens with zero attached hydrogens (tertiary/aromatic N) is 2. The standard InChI is InChI=1S/C17H19N3O4S.H2S/c1-17(2)12(16(23)24)20-14(22)11(15(20)25-17)19-13(21)10(18-3)9-7-5-4-6-8-9;/h4-8,10-12,15H,3H2,1-2H3,(H,19,21)(H,23,24);1H2/p-1. The van der Waals surface area contributed by atoms with E-state index in [1.54, 1.807) is 38.1 Å². The van der Waals surface area contributed by atoms with Crippen LogP contribution in [0.25, 0.3) is 0 Å². The number of thioether (sulfide) groups is 1. The molecular formula is C17H20N3O4S2-. The highest BCUT2D eigenvalue weighted by atomic mass is 32.2. The van der Waals surface area contributed by atoms with Crippen molar-refractivity contribution in [2.75, 3.05) is 0 Å². The van der Waals surface area contributed by atoms with Crippen LogP contribution in [0.4, 0.5) is 0 Å².